The topological polar surface area (TPSA) is 81.7 Å². The van der Waals surface area contributed by atoms with E-state index in [1.807, 2.05) is 6.07 Å². The number of benzene rings is 2. The highest BCUT2D eigenvalue weighted by Crippen LogP contribution is 2.55. The fourth-order valence-corrected chi connectivity index (χ4v) is 9.33. The first-order chi connectivity index (χ1) is 23.0. The van der Waals surface area contributed by atoms with Crippen LogP contribution in [0.25, 0.3) is 0 Å². The van der Waals surface area contributed by atoms with E-state index in [1.54, 1.807) is 34.6 Å². The third kappa shape index (κ3) is 6.34. The molecule has 9 rings (SSSR count). The number of hydrogen-bond donors (Lipinski definition) is 1. The number of piperidine rings is 1. The molecule has 1 spiro atoms. The van der Waals surface area contributed by atoms with E-state index in [0.717, 1.165) is 70.9 Å². The second kappa shape index (κ2) is 13.9. The van der Waals surface area contributed by atoms with Crippen LogP contribution in [0.5, 0.6) is 0 Å². The molecule has 248 valence electrons. The maximum atomic E-state index is 12.5. The number of amides is 2. The maximum absolute atomic E-state index is 12.5. The molecule has 2 aliphatic heterocycles. The molecule has 3 aromatic rings. The van der Waals surface area contributed by atoms with Gasteiger partial charge >= 0.3 is 0 Å². The smallest absolute Gasteiger partial charge is 0.229 e. The number of carbonyl (C=O) groups excluding carboxylic acids is 2. The number of piperazine rings is 1. The van der Waals surface area contributed by atoms with Crippen LogP contribution in [0.15, 0.2) is 67.0 Å². The first-order valence-electron chi connectivity index (χ1n) is 17.9. The van der Waals surface area contributed by atoms with Crippen molar-refractivity contribution in [2.24, 2.45) is 5.41 Å². The highest BCUT2D eigenvalue weighted by atomic mass is 16.2. The summed E-state index contributed by atoms with van der Waals surface area (Å²) in [7, 11) is 2.07. The molecule has 8 nitrogen and oxygen atoms in total. The number of fused-ring (bicyclic) bond motifs is 1. The number of nitrogens with zero attached hydrogens (tertiary/aromatic N) is 5. The molecule has 2 aromatic carbocycles. The van der Waals surface area contributed by atoms with Gasteiger partial charge in [0, 0.05) is 75.8 Å². The summed E-state index contributed by atoms with van der Waals surface area (Å²) in [5.41, 5.74) is 6.42. The van der Waals surface area contributed by atoms with Crippen molar-refractivity contribution in [3.8, 4) is 0 Å². The number of imide groups is 1. The molecule has 6 aliphatic rings. The van der Waals surface area contributed by atoms with Gasteiger partial charge in [0.25, 0.3) is 0 Å². The minimum Gasteiger partial charge on any atom is -0.338 e. The zero-order valence-electron chi connectivity index (χ0n) is 28.0. The van der Waals surface area contributed by atoms with Gasteiger partial charge in [0.1, 0.15) is 0 Å². The van der Waals surface area contributed by atoms with Crippen LogP contribution in [0.3, 0.4) is 0 Å². The summed E-state index contributed by atoms with van der Waals surface area (Å²) in [5.74, 6) is 1.56. The number of rotatable bonds is 8. The van der Waals surface area contributed by atoms with E-state index in [9.17, 15) is 9.59 Å². The second-order valence-corrected chi connectivity index (χ2v) is 14.5. The van der Waals surface area contributed by atoms with Crippen LogP contribution in [-0.2, 0) is 15.0 Å². The van der Waals surface area contributed by atoms with Crippen molar-refractivity contribution in [2.45, 2.75) is 75.5 Å². The summed E-state index contributed by atoms with van der Waals surface area (Å²) in [5, 5.41) is 3.44. The zero-order chi connectivity index (χ0) is 32.3. The molecule has 1 saturated carbocycles. The number of likely N-dealkylation sites (tertiary alicyclic amines) is 1. The largest absolute Gasteiger partial charge is 0.338 e. The van der Waals surface area contributed by atoms with Gasteiger partial charge in [-0.25, -0.2) is 9.97 Å². The van der Waals surface area contributed by atoms with E-state index < -0.39 is 0 Å². The van der Waals surface area contributed by atoms with Gasteiger partial charge in [-0.3, -0.25) is 19.4 Å². The Morgan fingerprint density at radius 1 is 0.766 bits per heavy atom. The molecule has 2 bridgehead atoms. The summed E-state index contributed by atoms with van der Waals surface area (Å²) < 4.78 is 0. The Bertz CT molecular complexity index is 1480. The van der Waals surface area contributed by atoms with Crippen molar-refractivity contribution >= 4 is 17.8 Å². The Morgan fingerprint density at radius 3 is 1.98 bits per heavy atom. The van der Waals surface area contributed by atoms with Crippen molar-refractivity contribution in [3.05, 3.63) is 89.2 Å². The number of carbonyl (C=O) groups is 2. The van der Waals surface area contributed by atoms with Crippen LogP contribution in [-0.4, -0.2) is 84.4 Å². The quantitative estimate of drug-likeness (QED) is 0.258. The molecule has 47 heavy (non-hydrogen) atoms. The molecule has 8 heteroatoms. The third-order valence-electron chi connectivity index (χ3n) is 11.7. The standard InChI is InChI=1S/C21H31N5O2.C18H19N/c27-18-16-21(6-1-2-7-21)17-19(28)26(18)11-4-3-10-24-12-14-25(15-13-24)20-22-8-5-9-23-20;1-19-12-18-11-10-13(14-6-2-4-8-16(14)18)15-7-3-5-9-17(15)18/h5,8-9H,1-4,6-7,10-17H2;2-9,13,19H,10-12H2,1H3. The van der Waals surface area contributed by atoms with Crippen LogP contribution in [0, 0.1) is 5.41 Å². The molecule has 0 radical (unpaired) electrons. The summed E-state index contributed by atoms with van der Waals surface area (Å²) >= 11 is 0. The summed E-state index contributed by atoms with van der Waals surface area (Å²) in [6.45, 7) is 6.53. The summed E-state index contributed by atoms with van der Waals surface area (Å²) in [6.07, 6.45) is 13.7. The lowest BCUT2D eigenvalue weighted by Gasteiger charge is -2.49. The van der Waals surface area contributed by atoms with Crippen LogP contribution in [0.4, 0.5) is 5.95 Å². The molecular weight excluding hydrogens is 584 g/mol. The molecular formula is C39H50N6O2. The van der Waals surface area contributed by atoms with E-state index in [1.165, 1.54) is 30.6 Å². The number of nitrogens with one attached hydrogen (secondary N) is 1. The lowest BCUT2D eigenvalue weighted by atomic mass is 9.55. The summed E-state index contributed by atoms with van der Waals surface area (Å²) in [4.78, 5) is 39.9. The monoisotopic (exact) mass is 634 g/mol. The number of unbranched alkanes of at least 4 members (excludes halogenated alkanes) is 1. The Labute approximate surface area is 280 Å². The molecule has 2 amide bonds. The molecule has 0 unspecified atom stereocenters. The maximum Gasteiger partial charge on any atom is 0.229 e. The molecule has 3 fully saturated rings. The minimum absolute atomic E-state index is 0.00676. The molecule has 3 heterocycles. The van der Waals surface area contributed by atoms with Gasteiger partial charge in [-0.1, -0.05) is 61.4 Å². The van der Waals surface area contributed by atoms with Gasteiger partial charge in [-0.05, 0) is 85.9 Å². The van der Waals surface area contributed by atoms with Gasteiger partial charge in [-0.2, -0.15) is 0 Å². The normalized spacial score (nSPS) is 24.6. The van der Waals surface area contributed by atoms with Gasteiger partial charge < -0.3 is 10.2 Å². The van der Waals surface area contributed by atoms with Crippen molar-refractivity contribution in [1.29, 1.82) is 0 Å². The number of likely N-dealkylation sites (N-methyl/N-ethyl adjacent to an activating group) is 1. The van der Waals surface area contributed by atoms with Gasteiger partial charge in [0.15, 0.2) is 0 Å². The van der Waals surface area contributed by atoms with Crippen molar-refractivity contribution in [2.75, 3.05) is 57.8 Å². The van der Waals surface area contributed by atoms with E-state index in [0.29, 0.717) is 25.3 Å². The molecule has 0 atom stereocenters. The van der Waals surface area contributed by atoms with E-state index in [-0.39, 0.29) is 22.6 Å². The lowest BCUT2D eigenvalue weighted by Crippen LogP contribution is -2.48. The second-order valence-electron chi connectivity index (χ2n) is 14.5. The minimum atomic E-state index is 0.00676. The molecule has 1 aromatic heterocycles. The Balaban J connectivity index is 0.000000160. The average molecular weight is 635 g/mol. The molecule has 2 saturated heterocycles. The Hall–Kier alpha value is -3.62. The average Bonchev–Trinajstić information content (AvgIpc) is 3.56. The predicted molar refractivity (Wildman–Crippen MR) is 185 cm³/mol. The lowest BCUT2D eigenvalue weighted by molar-refractivity contribution is -0.153. The molecule has 4 aliphatic carbocycles. The first kappa shape index (κ1) is 32.0. The first-order valence-corrected chi connectivity index (χ1v) is 17.9. The van der Waals surface area contributed by atoms with E-state index in [4.69, 9.17) is 0 Å². The van der Waals surface area contributed by atoms with Crippen LogP contribution in [0.2, 0.25) is 0 Å². The number of anilines is 1. The van der Waals surface area contributed by atoms with E-state index in [2.05, 4.69) is 80.7 Å². The summed E-state index contributed by atoms with van der Waals surface area (Å²) in [6, 6.07) is 20.0. The van der Waals surface area contributed by atoms with Crippen LogP contribution in [0.1, 0.15) is 92.4 Å². The third-order valence-corrected chi connectivity index (χ3v) is 11.7. The zero-order valence-corrected chi connectivity index (χ0v) is 28.0. The molecule has 1 N–H and O–H groups in total. The highest BCUT2D eigenvalue weighted by Gasteiger charge is 2.47. The number of hydrogen-bond acceptors (Lipinski definition) is 7. The fraction of sp³-hybridized carbons (Fsp3) is 0.538. The Morgan fingerprint density at radius 2 is 1.36 bits per heavy atom. The Kier molecular flexibility index (Phi) is 9.42. The predicted octanol–water partition coefficient (Wildman–Crippen LogP) is 5.52. The van der Waals surface area contributed by atoms with Gasteiger partial charge in [0.05, 0.1) is 0 Å². The van der Waals surface area contributed by atoms with Gasteiger partial charge in [-0.15, -0.1) is 0 Å². The van der Waals surface area contributed by atoms with E-state index >= 15 is 0 Å². The van der Waals surface area contributed by atoms with Gasteiger partial charge in [0.2, 0.25) is 17.8 Å². The van der Waals surface area contributed by atoms with Crippen molar-refractivity contribution in [1.82, 2.24) is 25.1 Å². The number of aromatic nitrogens is 2. The van der Waals surface area contributed by atoms with Crippen LogP contribution < -0.4 is 10.2 Å². The van der Waals surface area contributed by atoms with Crippen molar-refractivity contribution in [3.63, 3.8) is 0 Å². The fourth-order valence-electron chi connectivity index (χ4n) is 9.33. The SMILES string of the molecule is CNCC12CCC(c3ccccc31)c1ccccc12.O=C1CC2(CCCC2)CC(=O)N1CCCCN1CCN(c2ncccn2)CC1. The van der Waals surface area contributed by atoms with Crippen molar-refractivity contribution < 1.29 is 9.59 Å². The van der Waals surface area contributed by atoms with Crippen LogP contribution >= 0.6 is 0 Å². The highest BCUT2D eigenvalue weighted by molar-refractivity contribution is 5.98.